The van der Waals surface area contributed by atoms with Crippen LogP contribution < -0.4 is 0 Å². The number of carbonyl (C=O) groups is 2. The van der Waals surface area contributed by atoms with Crippen molar-refractivity contribution in [3.63, 3.8) is 0 Å². The summed E-state index contributed by atoms with van der Waals surface area (Å²) in [5.41, 5.74) is 0.755. The molecule has 1 aromatic rings. The molecule has 2 saturated heterocycles. The molecule has 1 N–H and O–H groups in total. The van der Waals surface area contributed by atoms with Crippen LogP contribution in [0.3, 0.4) is 0 Å². The molecular formula is C19H26N2O3. The summed E-state index contributed by atoms with van der Waals surface area (Å²) in [5.74, 6) is 0.272. The Morgan fingerprint density at radius 2 is 1.96 bits per heavy atom. The topological polar surface area (TPSA) is 60.9 Å². The quantitative estimate of drug-likeness (QED) is 0.917. The van der Waals surface area contributed by atoms with Gasteiger partial charge in [-0.2, -0.15) is 0 Å². The summed E-state index contributed by atoms with van der Waals surface area (Å²) in [5, 5.41) is 9.04. The van der Waals surface area contributed by atoms with Crippen LogP contribution in [0.15, 0.2) is 30.3 Å². The van der Waals surface area contributed by atoms with E-state index in [1.165, 1.54) is 0 Å². The third-order valence-electron chi connectivity index (χ3n) is 5.30. The lowest BCUT2D eigenvalue weighted by Gasteiger charge is -2.48. The van der Waals surface area contributed by atoms with Gasteiger partial charge in [-0.15, -0.1) is 0 Å². The fraction of sp³-hybridized carbons (Fsp3) is 0.579. The summed E-state index contributed by atoms with van der Waals surface area (Å²) in [7, 11) is 0. The Bertz CT molecular complexity index is 590. The van der Waals surface area contributed by atoms with Crippen LogP contribution in [0, 0.1) is 5.41 Å². The monoisotopic (exact) mass is 330 g/mol. The molecule has 0 saturated carbocycles. The number of piperidine rings is 2. The van der Waals surface area contributed by atoms with Gasteiger partial charge < -0.3 is 14.9 Å². The highest BCUT2D eigenvalue weighted by Crippen LogP contribution is 2.39. The first-order valence-electron chi connectivity index (χ1n) is 8.87. The minimum Gasteiger partial charge on any atom is -0.396 e. The first kappa shape index (κ1) is 17.0. The molecule has 5 nitrogen and oxygen atoms in total. The summed E-state index contributed by atoms with van der Waals surface area (Å²) in [6, 6.07) is 9.43. The van der Waals surface area contributed by atoms with Gasteiger partial charge in [-0.1, -0.05) is 18.2 Å². The van der Waals surface area contributed by atoms with E-state index in [0.29, 0.717) is 25.9 Å². The fourth-order valence-corrected chi connectivity index (χ4v) is 4.05. The number of likely N-dealkylation sites (tertiary alicyclic amines) is 2. The van der Waals surface area contributed by atoms with Crippen molar-refractivity contribution in [2.24, 2.45) is 5.41 Å². The second-order valence-corrected chi connectivity index (χ2v) is 7.09. The van der Waals surface area contributed by atoms with Crippen molar-refractivity contribution in [2.45, 2.75) is 32.1 Å². The third kappa shape index (κ3) is 3.61. The predicted molar refractivity (Wildman–Crippen MR) is 91.5 cm³/mol. The van der Waals surface area contributed by atoms with Gasteiger partial charge in [0.1, 0.15) is 0 Å². The SMILES string of the molecule is O=C1CCC2(CCCN(C(=O)c3ccccc3)C2)CN1CCCO. The number of rotatable bonds is 4. The minimum atomic E-state index is 0.0199. The number of hydrogen-bond acceptors (Lipinski definition) is 3. The van der Waals surface area contributed by atoms with Gasteiger partial charge in [-0.25, -0.2) is 0 Å². The number of aliphatic hydroxyl groups is 1. The molecular weight excluding hydrogens is 304 g/mol. The van der Waals surface area contributed by atoms with E-state index in [4.69, 9.17) is 5.11 Å². The number of hydrogen-bond donors (Lipinski definition) is 1. The van der Waals surface area contributed by atoms with Crippen LogP contribution in [0.25, 0.3) is 0 Å². The Morgan fingerprint density at radius 3 is 2.71 bits per heavy atom. The Kier molecular flexibility index (Phi) is 5.19. The highest BCUT2D eigenvalue weighted by Gasteiger charge is 2.42. The van der Waals surface area contributed by atoms with Gasteiger partial charge in [-0.3, -0.25) is 9.59 Å². The van der Waals surface area contributed by atoms with Gasteiger partial charge in [0.15, 0.2) is 0 Å². The number of amides is 2. The van der Waals surface area contributed by atoms with E-state index in [1.807, 2.05) is 40.1 Å². The standard InChI is InChI=1S/C19H26N2O3/c22-13-5-12-20-14-19(10-8-17(20)23)9-4-11-21(15-19)18(24)16-6-2-1-3-7-16/h1-3,6-7,22H,4-5,8-15H2. The largest absolute Gasteiger partial charge is 0.396 e. The Balaban J connectivity index is 1.70. The molecule has 24 heavy (non-hydrogen) atoms. The molecule has 2 heterocycles. The number of aliphatic hydroxyl groups excluding tert-OH is 1. The first-order valence-corrected chi connectivity index (χ1v) is 8.87. The van der Waals surface area contributed by atoms with Crippen LogP contribution in [0.2, 0.25) is 0 Å². The number of benzene rings is 1. The lowest BCUT2D eigenvalue weighted by Crippen LogP contribution is -2.55. The summed E-state index contributed by atoms with van der Waals surface area (Å²) < 4.78 is 0. The normalized spacial score (nSPS) is 24.5. The lowest BCUT2D eigenvalue weighted by molar-refractivity contribution is -0.139. The zero-order chi connectivity index (χ0) is 17.0. The van der Waals surface area contributed by atoms with E-state index < -0.39 is 0 Å². The average Bonchev–Trinajstić information content (AvgIpc) is 2.63. The van der Waals surface area contributed by atoms with Crippen LogP contribution >= 0.6 is 0 Å². The van der Waals surface area contributed by atoms with Crippen LogP contribution in [-0.4, -0.2) is 59.5 Å². The van der Waals surface area contributed by atoms with Crippen molar-refractivity contribution in [3.8, 4) is 0 Å². The highest BCUT2D eigenvalue weighted by molar-refractivity contribution is 5.94. The van der Waals surface area contributed by atoms with E-state index in [-0.39, 0.29) is 23.8 Å². The zero-order valence-corrected chi connectivity index (χ0v) is 14.1. The van der Waals surface area contributed by atoms with Crippen molar-refractivity contribution in [1.29, 1.82) is 0 Å². The Morgan fingerprint density at radius 1 is 1.17 bits per heavy atom. The van der Waals surface area contributed by atoms with E-state index >= 15 is 0 Å². The first-order chi connectivity index (χ1) is 11.6. The number of nitrogens with zero attached hydrogens (tertiary/aromatic N) is 2. The molecule has 0 aromatic heterocycles. The molecule has 2 aliphatic heterocycles. The van der Waals surface area contributed by atoms with Crippen LogP contribution in [0.4, 0.5) is 0 Å². The summed E-state index contributed by atoms with van der Waals surface area (Å²) in [6.45, 7) is 2.95. The van der Waals surface area contributed by atoms with Crippen molar-refractivity contribution in [2.75, 3.05) is 32.8 Å². The molecule has 2 fully saturated rings. The maximum Gasteiger partial charge on any atom is 0.253 e. The van der Waals surface area contributed by atoms with Gasteiger partial charge in [0, 0.05) is 50.2 Å². The third-order valence-corrected chi connectivity index (χ3v) is 5.30. The number of carbonyl (C=O) groups excluding carboxylic acids is 2. The van der Waals surface area contributed by atoms with Crippen LogP contribution in [0.5, 0.6) is 0 Å². The van der Waals surface area contributed by atoms with Crippen molar-refractivity contribution in [3.05, 3.63) is 35.9 Å². The molecule has 130 valence electrons. The molecule has 0 aliphatic carbocycles. The summed E-state index contributed by atoms with van der Waals surface area (Å²) in [4.78, 5) is 28.7. The second-order valence-electron chi connectivity index (χ2n) is 7.09. The predicted octanol–water partition coefficient (Wildman–Crippen LogP) is 1.91. The van der Waals surface area contributed by atoms with E-state index in [9.17, 15) is 9.59 Å². The fourth-order valence-electron chi connectivity index (χ4n) is 4.05. The van der Waals surface area contributed by atoms with Crippen molar-refractivity contribution >= 4 is 11.8 Å². The average molecular weight is 330 g/mol. The zero-order valence-electron chi connectivity index (χ0n) is 14.1. The van der Waals surface area contributed by atoms with Gasteiger partial charge in [-0.05, 0) is 37.8 Å². The maximum atomic E-state index is 12.8. The molecule has 0 bridgehead atoms. The minimum absolute atomic E-state index is 0.0199. The van der Waals surface area contributed by atoms with Gasteiger partial charge in [0.05, 0.1) is 0 Å². The second kappa shape index (κ2) is 7.34. The molecule has 1 spiro atoms. The summed E-state index contributed by atoms with van der Waals surface area (Å²) >= 11 is 0. The van der Waals surface area contributed by atoms with Crippen molar-refractivity contribution < 1.29 is 14.7 Å². The van der Waals surface area contributed by atoms with Gasteiger partial charge in [0.25, 0.3) is 5.91 Å². The molecule has 2 amide bonds. The molecule has 3 rings (SSSR count). The lowest BCUT2D eigenvalue weighted by atomic mass is 9.73. The molecule has 0 radical (unpaired) electrons. The molecule has 5 heteroatoms. The van der Waals surface area contributed by atoms with E-state index in [1.54, 1.807) is 0 Å². The van der Waals surface area contributed by atoms with E-state index in [0.717, 1.165) is 37.9 Å². The maximum absolute atomic E-state index is 12.8. The molecule has 1 unspecified atom stereocenters. The van der Waals surface area contributed by atoms with E-state index in [2.05, 4.69) is 0 Å². The summed E-state index contributed by atoms with van der Waals surface area (Å²) in [6.07, 6.45) is 4.09. The highest BCUT2D eigenvalue weighted by atomic mass is 16.3. The Labute approximate surface area is 143 Å². The van der Waals surface area contributed by atoms with Crippen molar-refractivity contribution in [1.82, 2.24) is 9.80 Å². The smallest absolute Gasteiger partial charge is 0.253 e. The van der Waals surface area contributed by atoms with Crippen LogP contribution in [-0.2, 0) is 4.79 Å². The molecule has 2 aliphatic rings. The Hall–Kier alpha value is -1.88. The molecule has 1 aromatic carbocycles. The van der Waals surface area contributed by atoms with Gasteiger partial charge >= 0.3 is 0 Å². The molecule has 1 atom stereocenters. The van der Waals surface area contributed by atoms with Gasteiger partial charge in [0.2, 0.25) is 5.91 Å². The van der Waals surface area contributed by atoms with Crippen LogP contribution in [0.1, 0.15) is 42.5 Å².